The summed E-state index contributed by atoms with van der Waals surface area (Å²) < 4.78 is 32.2. The van der Waals surface area contributed by atoms with Crippen LogP contribution in [0.5, 0.6) is 5.75 Å². The van der Waals surface area contributed by atoms with E-state index in [4.69, 9.17) is 10.5 Å². The lowest BCUT2D eigenvalue weighted by atomic mass is 10.1. The molecule has 0 unspecified atom stereocenters. The van der Waals surface area contributed by atoms with Crippen LogP contribution in [0.2, 0.25) is 0 Å². The van der Waals surface area contributed by atoms with Gasteiger partial charge in [-0.1, -0.05) is 12.1 Å². The molecule has 7 heteroatoms. The average molecular weight is 383 g/mol. The second-order valence-electron chi connectivity index (χ2n) is 6.19. The molecule has 1 saturated heterocycles. The highest BCUT2D eigenvalue weighted by Crippen LogP contribution is 2.23. The van der Waals surface area contributed by atoms with Crippen molar-refractivity contribution in [1.29, 1.82) is 0 Å². The predicted molar refractivity (Wildman–Crippen MR) is 98.4 cm³/mol. The Kier molecular flexibility index (Phi) is 6.80. The number of hydrogen-bond acceptors (Lipinski definition) is 3. The topological polar surface area (TPSA) is 55.6 Å². The smallest absolute Gasteiger partial charge is 0.226 e. The number of nitrogens with two attached hydrogens (primary N) is 1. The van der Waals surface area contributed by atoms with Crippen LogP contribution in [0.3, 0.4) is 0 Å². The van der Waals surface area contributed by atoms with Gasteiger partial charge in [-0.25, -0.2) is 8.78 Å². The van der Waals surface area contributed by atoms with Crippen molar-refractivity contribution in [1.82, 2.24) is 4.90 Å². The Hall–Kier alpha value is -2.34. The SMILES string of the molecule is Cl.Nc1ccc(CC(=O)N2CCC(Oc3ccc(F)cc3F)CC2)cc1. The first kappa shape index (κ1) is 20.0. The molecule has 2 aromatic carbocycles. The maximum atomic E-state index is 13.6. The number of piperidine rings is 1. The summed E-state index contributed by atoms with van der Waals surface area (Å²) >= 11 is 0. The summed E-state index contributed by atoms with van der Waals surface area (Å²) in [6, 6.07) is 10.5. The Bertz CT molecular complexity index is 748. The van der Waals surface area contributed by atoms with Crippen molar-refractivity contribution in [2.75, 3.05) is 18.8 Å². The summed E-state index contributed by atoms with van der Waals surface area (Å²) in [7, 11) is 0. The molecule has 1 fully saturated rings. The van der Waals surface area contributed by atoms with E-state index in [1.54, 1.807) is 17.0 Å². The normalized spacial score (nSPS) is 14.6. The number of carbonyl (C=O) groups excluding carboxylic acids is 1. The molecule has 0 radical (unpaired) electrons. The highest BCUT2D eigenvalue weighted by atomic mass is 35.5. The van der Waals surface area contributed by atoms with Crippen molar-refractivity contribution in [2.45, 2.75) is 25.4 Å². The van der Waals surface area contributed by atoms with E-state index in [0.717, 1.165) is 11.6 Å². The van der Waals surface area contributed by atoms with E-state index in [2.05, 4.69) is 0 Å². The van der Waals surface area contributed by atoms with Crippen LogP contribution in [0.4, 0.5) is 14.5 Å². The number of amides is 1. The lowest BCUT2D eigenvalue weighted by Gasteiger charge is -2.32. The van der Waals surface area contributed by atoms with Crippen molar-refractivity contribution in [3.8, 4) is 5.75 Å². The zero-order chi connectivity index (χ0) is 17.8. The van der Waals surface area contributed by atoms with Crippen LogP contribution in [-0.4, -0.2) is 30.0 Å². The first-order chi connectivity index (χ1) is 12.0. The number of benzene rings is 2. The summed E-state index contributed by atoms with van der Waals surface area (Å²) in [5.41, 5.74) is 7.23. The van der Waals surface area contributed by atoms with Crippen LogP contribution in [0.1, 0.15) is 18.4 Å². The molecule has 0 aliphatic carbocycles. The number of nitrogen functional groups attached to an aromatic ring is 1. The van der Waals surface area contributed by atoms with Gasteiger partial charge in [0.05, 0.1) is 6.42 Å². The van der Waals surface area contributed by atoms with E-state index >= 15 is 0 Å². The number of rotatable bonds is 4. The van der Waals surface area contributed by atoms with Crippen molar-refractivity contribution >= 4 is 24.0 Å². The molecule has 26 heavy (non-hydrogen) atoms. The molecule has 1 aliphatic rings. The highest BCUT2D eigenvalue weighted by molar-refractivity contribution is 5.85. The van der Waals surface area contributed by atoms with Crippen LogP contribution in [-0.2, 0) is 11.2 Å². The van der Waals surface area contributed by atoms with Gasteiger partial charge in [0.15, 0.2) is 11.6 Å². The Morgan fingerprint density at radius 3 is 2.38 bits per heavy atom. The van der Waals surface area contributed by atoms with Gasteiger partial charge in [0, 0.05) is 37.7 Å². The minimum absolute atomic E-state index is 0. The molecule has 2 aromatic rings. The third kappa shape index (κ3) is 5.08. The van der Waals surface area contributed by atoms with Gasteiger partial charge in [0.2, 0.25) is 5.91 Å². The van der Waals surface area contributed by atoms with Crippen molar-refractivity contribution in [2.24, 2.45) is 0 Å². The minimum atomic E-state index is -0.707. The average Bonchev–Trinajstić information content (AvgIpc) is 2.60. The quantitative estimate of drug-likeness (QED) is 0.822. The molecule has 4 nitrogen and oxygen atoms in total. The molecule has 2 N–H and O–H groups in total. The summed E-state index contributed by atoms with van der Waals surface area (Å²) in [6.07, 6.45) is 1.38. The monoisotopic (exact) mass is 382 g/mol. The van der Waals surface area contributed by atoms with E-state index in [-0.39, 0.29) is 30.2 Å². The van der Waals surface area contributed by atoms with E-state index in [1.165, 1.54) is 12.1 Å². The van der Waals surface area contributed by atoms with E-state index in [1.807, 2.05) is 12.1 Å². The van der Waals surface area contributed by atoms with Crippen molar-refractivity contribution < 1.29 is 18.3 Å². The molecule has 1 amide bonds. The largest absolute Gasteiger partial charge is 0.487 e. The van der Waals surface area contributed by atoms with Crippen LogP contribution < -0.4 is 10.5 Å². The molecule has 1 aliphatic heterocycles. The maximum absolute atomic E-state index is 13.6. The van der Waals surface area contributed by atoms with Crippen LogP contribution in [0.15, 0.2) is 42.5 Å². The Morgan fingerprint density at radius 1 is 1.12 bits per heavy atom. The second kappa shape index (κ2) is 8.85. The molecule has 1 heterocycles. The van der Waals surface area contributed by atoms with E-state index in [9.17, 15) is 13.6 Å². The van der Waals surface area contributed by atoms with Gasteiger partial charge in [0.1, 0.15) is 11.9 Å². The lowest BCUT2D eigenvalue weighted by molar-refractivity contribution is -0.132. The minimum Gasteiger partial charge on any atom is -0.487 e. The van der Waals surface area contributed by atoms with Gasteiger partial charge in [0.25, 0.3) is 0 Å². The molecular weight excluding hydrogens is 362 g/mol. The molecular formula is C19H21ClF2N2O2. The van der Waals surface area contributed by atoms with E-state index in [0.29, 0.717) is 38.0 Å². The van der Waals surface area contributed by atoms with E-state index < -0.39 is 11.6 Å². The number of nitrogens with zero attached hydrogens (tertiary/aromatic N) is 1. The lowest BCUT2D eigenvalue weighted by Crippen LogP contribution is -2.42. The summed E-state index contributed by atoms with van der Waals surface area (Å²) in [4.78, 5) is 14.2. The van der Waals surface area contributed by atoms with Gasteiger partial charge < -0.3 is 15.4 Å². The molecule has 0 bridgehead atoms. The standard InChI is InChI=1S/C19H20F2N2O2.ClH/c20-14-3-6-18(17(21)12-14)25-16-7-9-23(10-8-16)19(24)11-13-1-4-15(22)5-2-13;/h1-6,12,16H,7-11,22H2;1H. The molecule has 0 saturated carbocycles. The third-order valence-corrected chi connectivity index (χ3v) is 4.32. The first-order valence-corrected chi connectivity index (χ1v) is 8.25. The number of anilines is 1. The fourth-order valence-corrected chi connectivity index (χ4v) is 2.90. The Labute approximate surface area is 157 Å². The fourth-order valence-electron chi connectivity index (χ4n) is 2.90. The van der Waals surface area contributed by atoms with Crippen molar-refractivity contribution in [3.05, 3.63) is 59.7 Å². The predicted octanol–water partition coefficient (Wildman–Crippen LogP) is 3.58. The maximum Gasteiger partial charge on any atom is 0.226 e. The number of carbonyl (C=O) groups is 1. The van der Waals surface area contributed by atoms with Gasteiger partial charge in [-0.15, -0.1) is 12.4 Å². The van der Waals surface area contributed by atoms with Gasteiger partial charge >= 0.3 is 0 Å². The third-order valence-electron chi connectivity index (χ3n) is 4.32. The molecule has 0 atom stereocenters. The number of likely N-dealkylation sites (tertiary alicyclic amines) is 1. The molecule has 0 spiro atoms. The van der Waals surface area contributed by atoms with Crippen LogP contribution in [0.25, 0.3) is 0 Å². The first-order valence-electron chi connectivity index (χ1n) is 8.25. The van der Waals surface area contributed by atoms with Crippen molar-refractivity contribution in [3.63, 3.8) is 0 Å². The summed E-state index contributed by atoms with van der Waals surface area (Å²) in [5, 5.41) is 0. The highest BCUT2D eigenvalue weighted by Gasteiger charge is 2.24. The fraction of sp³-hybridized carbons (Fsp3) is 0.316. The van der Waals surface area contributed by atoms with Gasteiger partial charge in [-0.05, 0) is 29.8 Å². The zero-order valence-corrected chi connectivity index (χ0v) is 15.0. The second-order valence-corrected chi connectivity index (χ2v) is 6.19. The molecule has 0 aromatic heterocycles. The van der Waals surface area contributed by atoms with Gasteiger partial charge in [-0.3, -0.25) is 4.79 Å². The Balaban J connectivity index is 0.00000243. The zero-order valence-electron chi connectivity index (χ0n) is 14.2. The Morgan fingerprint density at radius 2 is 1.77 bits per heavy atom. The molecule has 3 rings (SSSR count). The molecule has 140 valence electrons. The van der Waals surface area contributed by atoms with Crippen LogP contribution in [0, 0.1) is 11.6 Å². The summed E-state index contributed by atoms with van der Waals surface area (Å²) in [5.74, 6) is -1.24. The number of halogens is 3. The number of hydrogen-bond donors (Lipinski definition) is 1. The van der Waals surface area contributed by atoms with Gasteiger partial charge in [-0.2, -0.15) is 0 Å². The summed E-state index contributed by atoms with van der Waals surface area (Å²) in [6.45, 7) is 1.11. The van der Waals surface area contributed by atoms with Crippen LogP contribution >= 0.6 is 12.4 Å². The number of ether oxygens (including phenoxy) is 1.